The van der Waals surface area contributed by atoms with E-state index in [9.17, 15) is 4.79 Å². The summed E-state index contributed by atoms with van der Waals surface area (Å²) in [5.74, 6) is -0.00974. The van der Waals surface area contributed by atoms with Crippen LogP contribution in [0.2, 0.25) is 0 Å². The molecule has 1 aromatic heterocycles. The number of anilines is 1. The summed E-state index contributed by atoms with van der Waals surface area (Å²) in [4.78, 5) is 14.9. The van der Waals surface area contributed by atoms with E-state index in [-0.39, 0.29) is 18.0 Å². The SMILES string of the molecule is CNC(C(=O)NC1CCN(c2ccccc2Br)C1)c1cnn(C)c1. The third kappa shape index (κ3) is 3.62. The van der Waals surface area contributed by atoms with Gasteiger partial charge in [-0.2, -0.15) is 5.10 Å². The van der Waals surface area contributed by atoms with E-state index in [1.165, 1.54) is 5.69 Å². The van der Waals surface area contributed by atoms with E-state index in [1.807, 2.05) is 31.4 Å². The molecule has 0 saturated carbocycles. The number of carbonyl (C=O) groups excluding carboxylic acids is 1. The molecular formula is C17H22BrN5O. The van der Waals surface area contributed by atoms with Gasteiger partial charge in [-0.05, 0) is 41.5 Å². The molecule has 1 aliphatic heterocycles. The van der Waals surface area contributed by atoms with Crippen LogP contribution in [0.25, 0.3) is 0 Å². The number of rotatable bonds is 5. The van der Waals surface area contributed by atoms with Crippen molar-refractivity contribution in [2.75, 3.05) is 25.0 Å². The van der Waals surface area contributed by atoms with Crippen molar-refractivity contribution in [1.82, 2.24) is 20.4 Å². The van der Waals surface area contributed by atoms with Crippen molar-refractivity contribution in [2.45, 2.75) is 18.5 Å². The maximum Gasteiger partial charge on any atom is 0.242 e. The molecule has 1 fully saturated rings. The highest BCUT2D eigenvalue weighted by Gasteiger charge is 2.28. The van der Waals surface area contributed by atoms with Crippen LogP contribution in [-0.4, -0.2) is 41.9 Å². The topological polar surface area (TPSA) is 62.2 Å². The maximum atomic E-state index is 12.6. The molecule has 2 N–H and O–H groups in total. The maximum absolute atomic E-state index is 12.6. The third-order valence-corrected chi connectivity index (χ3v) is 5.01. The molecule has 128 valence electrons. The summed E-state index contributed by atoms with van der Waals surface area (Å²) >= 11 is 3.60. The molecule has 1 aliphatic rings. The smallest absolute Gasteiger partial charge is 0.242 e. The van der Waals surface area contributed by atoms with Crippen LogP contribution >= 0.6 is 15.9 Å². The molecule has 0 aliphatic carbocycles. The molecule has 0 spiro atoms. The molecule has 0 radical (unpaired) electrons. The summed E-state index contributed by atoms with van der Waals surface area (Å²) in [6, 6.07) is 7.95. The summed E-state index contributed by atoms with van der Waals surface area (Å²) in [6.07, 6.45) is 4.53. The zero-order chi connectivity index (χ0) is 17.1. The number of amides is 1. The molecule has 2 unspecified atom stereocenters. The predicted octanol–water partition coefficient (Wildman–Crippen LogP) is 1.84. The second-order valence-corrected chi connectivity index (χ2v) is 6.91. The van der Waals surface area contributed by atoms with Gasteiger partial charge in [0.05, 0.1) is 11.9 Å². The van der Waals surface area contributed by atoms with E-state index >= 15 is 0 Å². The molecule has 2 atom stereocenters. The van der Waals surface area contributed by atoms with Crippen molar-refractivity contribution < 1.29 is 4.79 Å². The molecule has 2 heterocycles. The number of benzene rings is 1. The molecule has 1 saturated heterocycles. The van der Waals surface area contributed by atoms with Crippen LogP contribution in [0.4, 0.5) is 5.69 Å². The van der Waals surface area contributed by atoms with Crippen molar-refractivity contribution in [1.29, 1.82) is 0 Å². The van der Waals surface area contributed by atoms with Gasteiger partial charge >= 0.3 is 0 Å². The van der Waals surface area contributed by atoms with Gasteiger partial charge in [0.1, 0.15) is 6.04 Å². The van der Waals surface area contributed by atoms with Gasteiger partial charge in [0.25, 0.3) is 0 Å². The van der Waals surface area contributed by atoms with Crippen LogP contribution in [0.1, 0.15) is 18.0 Å². The lowest BCUT2D eigenvalue weighted by atomic mass is 10.1. The molecular weight excluding hydrogens is 370 g/mol. The van der Waals surface area contributed by atoms with Crippen molar-refractivity contribution in [3.63, 3.8) is 0 Å². The number of nitrogens with zero attached hydrogens (tertiary/aromatic N) is 3. The van der Waals surface area contributed by atoms with Crippen LogP contribution in [0.15, 0.2) is 41.1 Å². The van der Waals surface area contributed by atoms with E-state index < -0.39 is 0 Å². The van der Waals surface area contributed by atoms with E-state index in [0.29, 0.717) is 0 Å². The first-order valence-corrected chi connectivity index (χ1v) is 8.83. The number of likely N-dealkylation sites (N-methyl/N-ethyl adjacent to an activating group) is 1. The first-order chi connectivity index (χ1) is 11.6. The minimum atomic E-state index is -0.379. The summed E-state index contributed by atoms with van der Waals surface area (Å²) in [5, 5.41) is 10.4. The van der Waals surface area contributed by atoms with Crippen LogP contribution in [-0.2, 0) is 11.8 Å². The standard InChI is InChI=1S/C17H22BrN5O/c1-19-16(12-9-20-22(2)10-12)17(24)21-13-7-8-23(11-13)15-6-4-3-5-14(15)18/h3-6,9-10,13,16,19H,7-8,11H2,1-2H3,(H,21,24). The molecule has 7 heteroatoms. The largest absolute Gasteiger partial charge is 0.368 e. The normalized spacial score (nSPS) is 18.6. The number of nitrogens with one attached hydrogen (secondary N) is 2. The number of para-hydroxylation sites is 1. The summed E-state index contributed by atoms with van der Waals surface area (Å²) in [6.45, 7) is 1.75. The van der Waals surface area contributed by atoms with Gasteiger partial charge in [-0.3, -0.25) is 9.48 Å². The van der Waals surface area contributed by atoms with Gasteiger partial charge in [-0.1, -0.05) is 12.1 Å². The minimum Gasteiger partial charge on any atom is -0.368 e. The van der Waals surface area contributed by atoms with E-state index in [2.05, 4.69) is 42.6 Å². The van der Waals surface area contributed by atoms with Gasteiger partial charge < -0.3 is 15.5 Å². The van der Waals surface area contributed by atoms with Crippen molar-refractivity contribution in [3.05, 3.63) is 46.7 Å². The highest BCUT2D eigenvalue weighted by Crippen LogP contribution is 2.28. The number of hydrogen-bond acceptors (Lipinski definition) is 4. The zero-order valence-electron chi connectivity index (χ0n) is 13.9. The van der Waals surface area contributed by atoms with Crippen LogP contribution in [0, 0.1) is 0 Å². The Bertz CT molecular complexity index is 717. The van der Waals surface area contributed by atoms with E-state index in [4.69, 9.17) is 0 Å². The fraction of sp³-hybridized carbons (Fsp3) is 0.412. The van der Waals surface area contributed by atoms with E-state index in [1.54, 1.807) is 17.9 Å². The van der Waals surface area contributed by atoms with Crippen molar-refractivity contribution in [2.24, 2.45) is 7.05 Å². The number of aryl methyl sites for hydroxylation is 1. The second kappa shape index (κ2) is 7.36. The first-order valence-electron chi connectivity index (χ1n) is 8.04. The highest BCUT2D eigenvalue weighted by molar-refractivity contribution is 9.10. The highest BCUT2D eigenvalue weighted by atomic mass is 79.9. The van der Waals surface area contributed by atoms with E-state index in [0.717, 1.165) is 29.5 Å². The predicted molar refractivity (Wildman–Crippen MR) is 97.9 cm³/mol. The Morgan fingerprint density at radius 2 is 2.21 bits per heavy atom. The molecule has 1 aromatic carbocycles. The quantitative estimate of drug-likeness (QED) is 0.815. The second-order valence-electron chi connectivity index (χ2n) is 6.06. The average molecular weight is 392 g/mol. The summed E-state index contributed by atoms with van der Waals surface area (Å²) in [7, 11) is 3.64. The lowest BCUT2D eigenvalue weighted by Crippen LogP contribution is -2.43. The van der Waals surface area contributed by atoms with Gasteiger partial charge in [-0.25, -0.2) is 0 Å². The fourth-order valence-electron chi connectivity index (χ4n) is 3.13. The van der Waals surface area contributed by atoms with Gasteiger partial charge in [0, 0.05) is 42.4 Å². The number of carbonyl (C=O) groups is 1. The number of hydrogen-bond donors (Lipinski definition) is 2. The molecule has 6 nitrogen and oxygen atoms in total. The van der Waals surface area contributed by atoms with Gasteiger partial charge in [-0.15, -0.1) is 0 Å². The number of halogens is 1. The molecule has 3 rings (SSSR count). The minimum absolute atomic E-state index is 0.00974. The summed E-state index contributed by atoms with van der Waals surface area (Å²) in [5.41, 5.74) is 2.05. The third-order valence-electron chi connectivity index (χ3n) is 4.34. The summed E-state index contributed by atoms with van der Waals surface area (Å²) < 4.78 is 2.79. The van der Waals surface area contributed by atoms with Crippen LogP contribution in [0.5, 0.6) is 0 Å². The Balaban J connectivity index is 1.62. The number of aromatic nitrogens is 2. The van der Waals surface area contributed by atoms with Gasteiger partial charge in [0.2, 0.25) is 5.91 Å². The zero-order valence-corrected chi connectivity index (χ0v) is 15.5. The Kier molecular flexibility index (Phi) is 5.20. The Hall–Kier alpha value is -1.86. The lowest BCUT2D eigenvalue weighted by Gasteiger charge is -2.21. The van der Waals surface area contributed by atoms with Crippen LogP contribution in [0.3, 0.4) is 0 Å². The molecule has 0 bridgehead atoms. The Morgan fingerprint density at radius 1 is 1.42 bits per heavy atom. The molecule has 24 heavy (non-hydrogen) atoms. The van der Waals surface area contributed by atoms with Gasteiger partial charge in [0.15, 0.2) is 0 Å². The van der Waals surface area contributed by atoms with Crippen LogP contribution < -0.4 is 15.5 Å². The average Bonchev–Trinajstić information content (AvgIpc) is 3.18. The Labute approximate surface area is 150 Å². The monoisotopic (exact) mass is 391 g/mol. The molecule has 2 aromatic rings. The van der Waals surface area contributed by atoms with Crippen molar-refractivity contribution >= 4 is 27.5 Å². The Morgan fingerprint density at radius 3 is 2.88 bits per heavy atom. The van der Waals surface area contributed by atoms with Crippen molar-refractivity contribution in [3.8, 4) is 0 Å². The molecule has 1 amide bonds. The lowest BCUT2D eigenvalue weighted by molar-refractivity contribution is -0.123. The fourth-order valence-corrected chi connectivity index (χ4v) is 3.66. The first kappa shape index (κ1) is 17.0.